The molecular formula is C14H15NO3. The fraction of sp³-hybridized carbons (Fsp3) is 0.214. The van der Waals surface area contributed by atoms with Crippen LogP contribution in [0.25, 0.3) is 0 Å². The molecule has 0 bridgehead atoms. The molecule has 0 aliphatic heterocycles. The third-order valence-corrected chi connectivity index (χ3v) is 2.51. The molecule has 0 unspecified atom stereocenters. The first-order valence-corrected chi connectivity index (χ1v) is 5.80. The van der Waals surface area contributed by atoms with Crippen LogP contribution in [0.4, 0.5) is 5.69 Å². The number of nitrogens with one attached hydrogen (secondary N) is 1. The molecule has 2 aromatic rings. The number of hydrogen-bond donors (Lipinski definition) is 1. The summed E-state index contributed by atoms with van der Waals surface area (Å²) in [4.78, 5) is 11.9. The summed E-state index contributed by atoms with van der Waals surface area (Å²) in [5, 5.41) is 2.84. The van der Waals surface area contributed by atoms with E-state index in [1.54, 1.807) is 6.07 Å². The summed E-state index contributed by atoms with van der Waals surface area (Å²) in [6, 6.07) is 9.20. The minimum atomic E-state index is -0.187. The number of rotatable bonds is 5. The van der Waals surface area contributed by atoms with Gasteiger partial charge in [-0.25, -0.2) is 0 Å². The summed E-state index contributed by atoms with van der Waals surface area (Å²) in [6.07, 6.45) is 2.89. The lowest BCUT2D eigenvalue weighted by molar-refractivity contribution is 0.102. The SMILES string of the molecule is CCOCc1ccccc1NC(=O)c1ccoc1. The van der Waals surface area contributed by atoms with Gasteiger partial charge in [0.05, 0.1) is 18.4 Å². The van der Waals surface area contributed by atoms with Crippen LogP contribution in [0.5, 0.6) is 0 Å². The lowest BCUT2D eigenvalue weighted by Crippen LogP contribution is -2.12. The number of amides is 1. The molecule has 0 spiro atoms. The normalized spacial score (nSPS) is 10.3. The zero-order chi connectivity index (χ0) is 12.8. The molecule has 1 amide bonds. The van der Waals surface area contributed by atoms with E-state index >= 15 is 0 Å². The van der Waals surface area contributed by atoms with Crippen LogP contribution in [-0.4, -0.2) is 12.5 Å². The van der Waals surface area contributed by atoms with E-state index < -0.39 is 0 Å². The molecule has 0 saturated carbocycles. The van der Waals surface area contributed by atoms with Gasteiger partial charge in [0.15, 0.2) is 0 Å². The molecule has 94 valence electrons. The maximum Gasteiger partial charge on any atom is 0.258 e. The summed E-state index contributed by atoms with van der Waals surface area (Å²) in [5.74, 6) is -0.187. The topological polar surface area (TPSA) is 51.5 Å². The molecule has 18 heavy (non-hydrogen) atoms. The number of hydrogen-bond acceptors (Lipinski definition) is 3. The van der Waals surface area contributed by atoms with Crippen LogP contribution in [0.15, 0.2) is 47.3 Å². The molecule has 0 fully saturated rings. The number of benzene rings is 1. The summed E-state index contributed by atoms with van der Waals surface area (Å²) in [7, 11) is 0. The molecule has 1 aromatic carbocycles. The summed E-state index contributed by atoms with van der Waals surface area (Å²) < 4.78 is 10.2. The monoisotopic (exact) mass is 245 g/mol. The van der Waals surface area contributed by atoms with Crippen molar-refractivity contribution in [3.8, 4) is 0 Å². The Morgan fingerprint density at radius 2 is 2.17 bits per heavy atom. The Morgan fingerprint density at radius 1 is 1.33 bits per heavy atom. The van der Waals surface area contributed by atoms with Crippen LogP contribution < -0.4 is 5.32 Å². The maximum absolute atomic E-state index is 11.9. The molecule has 1 aromatic heterocycles. The zero-order valence-electron chi connectivity index (χ0n) is 10.2. The van der Waals surface area contributed by atoms with Crippen LogP contribution >= 0.6 is 0 Å². The highest BCUT2D eigenvalue weighted by molar-refractivity contribution is 6.04. The van der Waals surface area contributed by atoms with Crippen molar-refractivity contribution in [3.63, 3.8) is 0 Å². The number of furan rings is 1. The number of para-hydroxylation sites is 1. The molecule has 0 aliphatic carbocycles. The molecular weight excluding hydrogens is 230 g/mol. The Bertz CT molecular complexity index is 506. The molecule has 0 aliphatic rings. The van der Waals surface area contributed by atoms with Gasteiger partial charge in [-0.15, -0.1) is 0 Å². The minimum Gasteiger partial charge on any atom is -0.472 e. The smallest absolute Gasteiger partial charge is 0.258 e. The van der Waals surface area contributed by atoms with Gasteiger partial charge >= 0.3 is 0 Å². The van der Waals surface area contributed by atoms with E-state index in [1.165, 1.54) is 12.5 Å². The molecule has 0 radical (unpaired) electrons. The second kappa shape index (κ2) is 6.02. The molecule has 1 N–H and O–H groups in total. The number of carbonyl (C=O) groups is 1. The third-order valence-electron chi connectivity index (χ3n) is 2.51. The summed E-state index contributed by atoms with van der Waals surface area (Å²) in [6.45, 7) is 3.06. The third kappa shape index (κ3) is 2.99. The van der Waals surface area contributed by atoms with Crippen molar-refractivity contribution in [1.29, 1.82) is 0 Å². The lowest BCUT2D eigenvalue weighted by atomic mass is 10.2. The first-order chi connectivity index (χ1) is 8.81. The quantitative estimate of drug-likeness (QED) is 0.880. The summed E-state index contributed by atoms with van der Waals surface area (Å²) in [5.41, 5.74) is 2.22. The Kier molecular flexibility index (Phi) is 4.15. The van der Waals surface area contributed by atoms with Gasteiger partial charge in [-0.1, -0.05) is 18.2 Å². The van der Waals surface area contributed by atoms with Gasteiger partial charge in [0.25, 0.3) is 5.91 Å². The van der Waals surface area contributed by atoms with Crippen molar-refractivity contribution in [3.05, 3.63) is 54.0 Å². The largest absolute Gasteiger partial charge is 0.472 e. The van der Waals surface area contributed by atoms with Gasteiger partial charge in [-0.3, -0.25) is 4.79 Å². The highest BCUT2D eigenvalue weighted by Gasteiger charge is 2.09. The van der Waals surface area contributed by atoms with Crippen molar-refractivity contribution in [2.75, 3.05) is 11.9 Å². The van der Waals surface area contributed by atoms with E-state index in [4.69, 9.17) is 9.15 Å². The van der Waals surface area contributed by atoms with Crippen molar-refractivity contribution in [2.45, 2.75) is 13.5 Å². The Balaban J connectivity index is 2.11. The van der Waals surface area contributed by atoms with Crippen molar-refractivity contribution in [2.24, 2.45) is 0 Å². The average Bonchev–Trinajstić information content (AvgIpc) is 2.91. The fourth-order valence-corrected chi connectivity index (χ4v) is 1.57. The molecule has 0 atom stereocenters. The van der Waals surface area contributed by atoms with Crippen molar-refractivity contribution < 1.29 is 13.9 Å². The number of anilines is 1. The minimum absolute atomic E-state index is 0.187. The van der Waals surface area contributed by atoms with Gasteiger partial charge in [0, 0.05) is 17.9 Å². The predicted molar refractivity (Wildman–Crippen MR) is 68.4 cm³/mol. The van der Waals surface area contributed by atoms with Crippen LogP contribution in [0, 0.1) is 0 Å². The Labute approximate surface area is 106 Å². The first-order valence-electron chi connectivity index (χ1n) is 5.80. The van der Waals surface area contributed by atoms with Gasteiger partial charge in [-0.05, 0) is 19.1 Å². The van der Waals surface area contributed by atoms with Crippen LogP contribution in [0.3, 0.4) is 0 Å². The first kappa shape index (κ1) is 12.4. The number of ether oxygens (including phenoxy) is 1. The molecule has 0 saturated heterocycles. The van der Waals surface area contributed by atoms with E-state index in [1.807, 2.05) is 31.2 Å². The second-order valence-corrected chi connectivity index (χ2v) is 3.76. The Morgan fingerprint density at radius 3 is 2.89 bits per heavy atom. The van der Waals surface area contributed by atoms with Crippen LogP contribution in [0.2, 0.25) is 0 Å². The van der Waals surface area contributed by atoms with E-state index in [2.05, 4.69) is 5.32 Å². The van der Waals surface area contributed by atoms with Gasteiger partial charge < -0.3 is 14.5 Å². The number of carbonyl (C=O) groups excluding carboxylic acids is 1. The standard InChI is InChI=1S/C14H15NO3/c1-2-17-9-11-5-3-4-6-13(11)15-14(16)12-7-8-18-10-12/h3-8,10H,2,9H2,1H3,(H,15,16). The van der Waals surface area contributed by atoms with Crippen molar-refractivity contribution in [1.82, 2.24) is 0 Å². The van der Waals surface area contributed by atoms with E-state index in [9.17, 15) is 4.79 Å². The van der Waals surface area contributed by atoms with Crippen molar-refractivity contribution >= 4 is 11.6 Å². The van der Waals surface area contributed by atoms with Gasteiger partial charge in [0.2, 0.25) is 0 Å². The molecule has 2 rings (SSSR count). The molecule has 4 nitrogen and oxygen atoms in total. The highest BCUT2D eigenvalue weighted by atomic mass is 16.5. The predicted octanol–water partition coefficient (Wildman–Crippen LogP) is 3.07. The fourth-order valence-electron chi connectivity index (χ4n) is 1.57. The summed E-state index contributed by atoms with van der Waals surface area (Å²) >= 11 is 0. The van der Waals surface area contributed by atoms with Gasteiger partial charge in [-0.2, -0.15) is 0 Å². The second-order valence-electron chi connectivity index (χ2n) is 3.76. The Hall–Kier alpha value is -2.07. The van der Waals surface area contributed by atoms with E-state index in [0.717, 1.165) is 11.3 Å². The van der Waals surface area contributed by atoms with Crippen LogP contribution in [0.1, 0.15) is 22.8 Å². The van der Waals surface area contributed by atoms with Gasteiger partial charge in [0.1, 0.15) is 6.26 Å². The van der Waals surface area contributed by atoms with E-state index in [-0.39, 0.29) is 5.91 Å². The maximum atomic E-state index is 11.9. The highest BCUT2D eigenvalue weighted by Crippen LogP contribution is 2.17. The molecule has 1 heterocycles. The van der Waals surface area contributed by atoms with E-state index in [0.29, 0.717) is 18.8 Å². The van der Waals surface area contributed by atoms with Crippen LogP contribution in [-0.2, 0) is 11.3 Å². The average molecular weight is 245 g/mol. The molecule has 4 heteroatoms. The lowest BCUT2D eigenvalue weighted by Gasteiger charge is -2.10. The zero-order valence-corrected chi connectivity index (χ0v) is 10.2.